The molecule has 0 heterocycles. The standard InChI is InChI=1S/C8H17NO4/c1-3-12-8(10)13-7-6-11-5-4-9-2/h9H,3-7H2,1-2H3. The smallest absolute Gasteiger partial charge is 0.435 e. The molecule has 5 heteroatoms. The van der Waals surface area contributed by atoms with E-state index in [0.29, 0.717) is 19.8 Å². The van der Waals surface area contributed by atoms with E-state index in [4.69, 9.17) is 4.74 Å². The molecule has 0 aliphatic carbocycles. The lowest BCUT2D eigenvalue weighted by atomic mass is 10.7. The van der Waals surface area contributed by atoms with Gasteiger partial charge < -0.3 is 19.5 Å². The van der Waals surface area contributed by atoms with Crippen molar-refractivity contribution in [2.24, 2.45) is 0 Å². The second kappa shape index (κ2) is 9.28. The molecule has 0 saturated heterocycles. The van der Waals surface area contributed by atoms with E-state index in [-0.39, 0.29) is 6.61 Å². The van der Waals surface area contributed by atoms with Gasteiger partial charge in [-0.3, -0.25) is 0 Å². The number of nitrogens with one attached hydrogen (secondary N) is 1. The molecule has 0 fully saturated rings. The van der Waals surface area contributed by atoms with Gasteiger partial charge in [-0.2, -0.15) is 0 Å². The molecule has 0 amide bonds. The van der Waals surface area contributed by atoms with Crippen molar-refractivity contribution in [2.75, 3.05) is 40.0 Å². The molecular formula is C8H17NO4. The van der Waals surface area contributed by atoms with E-state index >= 15 is 0 Å². The fourth-order valence-corrected chi connectivity index (χ4v) is 0.620. The first-order valence-corrected chi connectivity index (χ1v) is 4.33. The Morgan fingerprint density at radius 3 is 2.62 bits per heavy atom. The Morgan fingerprint density at radius 2 is 2.00 bits per heavy atom. The molecule has 1 N–H and O–H groups in total. The molecule has 0 aliphatic rings. The third-order valence-electron chi connectivity index (χ3n) is 1.21. The average molecular weight is 191 g/mol. The van der Waals surface area contributed by atoms with Crippen molar-refractivity contribution in [2.45, 2.75) is 6.92 Å². The van der Waals surface area contributed by atoms with Gasteiger partial charge in [0.05, 0.1) is 19.8 Å². The molecule has 5 nitrogen and oxygen atoms in total. The molecule has 0 rings (SSSR count). The predicted molar refractivity (Wildman–Crippen MR) is 47.7 cm³/mol. The van der Waals surface area contributed by atoms with Crippen LogP contribution in [0.25, 0.3) is 0 Å². The van der Waals surface area contributed by atoms with Crippen molar-refractivity contribution < 1.29 is 19.0 Å². The summed E-state index contributed by atoms with van der Waals surface area (Å²) < 4.78 is 14.3. The van der Waals surface area contributed by atoms with Crippen molar-refractivity contribution in [1.29, 1.82) is 0 Å². The molecule has 0 aromatic carbocycles. The van der Waals surface area contributed by atoms with Crippen LogP contribution in [-0.2, 0) is 14.2 Å². The molecule has 0 aromatic heterocycles. The maximum atomic E-state index is 10.6. The van der Waals surface area contributed by atoms with Crippen LogP contribution in [0.2, 0.25) is 0 Å². The molecule has 0 unspecified atom stereocenters. The number of likely N-dealkylation sites (N-methyl/N-ethyl adjacent to an activating group) is 1. The van der Waals surface area contributed by atoms with Crippen molar-refractivity contribution in [3.8, 4) is 0 Å². The lowest BCUT2D eigenvalue weighted by Gasteiger charge is -2.05. The summed E-state index contributed by atoms with van der Waals surface area (Å²) in [7, 11) is 1.85. The zero-order valence-corrected chi connectivity index (χ0v) is 8.17. The van der Waals surface area contributed by atoms with Gasteiger partial charge in [0.2, 0.25) is 0 Å². The third-order valence-corrected chi connectivity index (χ3v) is 1.21. The summed E-state index contributed by atoms with van der Waals surface area (Å²) in [5.74, 6) is 0. The Hall–Kier alpha value is -0.810. The van der Waals surface area contributed by atoms with Crippen LogP contribution in [0.1, 0.15) is 6.92 Å². The highest BCUT2D eigenvalue weighted by atomic mass is 16.7. The molecule has 0 aromatic rings. The highest BCUT2D eigenvalue weighted by Gasteiger charge is 2.00. The van der Waals surface area contributed by atoms with E-state index in [2.05, 4.69) is 14.8 Å². The second-order valence-electron chi connectivity index (χ2n) is 2.25. The normalized spacial score (nSPS) is 9.69. The van der Waals surface area contributed by atoms with Crippen LogP contribution in [0.5, 0.6) is 0 Å². The van der Waals surface area contributed by atoms with Crippen LogP contribution in [0.4, 0.5) is 4.79 Å². The summed E-state index contributed by atoms with van der Waals surface area (Å²) in [6.45, 7) is 4.11. The Kier molecular flexibility index (Phi) is 8.70. The van der Waals surface area contributed by atoms with Gasteiger partial charge in [0, 0.05) is 6.54 Å². The van der Waals surface area contributed by atoms with Crippen molar-refractivity contribution >= 4 is 6.16 Å². The zero-order valence-electron chi connectivity index (χ0n) is 8.17. The zero-order chi connectivity index (χ0) is 9.94. The van der Waals surface area contributed by atoms with E-state index in [1.807, 2.05) is 7.05 Å². The maximum absolute atomic E-state index is 10.6. The fraction of sp³-hybridized carbons (Fsp3) is 0.875. The van der Waals surface area contributed by atoms with Crippen molar-refractivity contribution in [3.05, 3.63) is 0 Å². The minimum Gasteiger partial charge on any atom is -0.435 e. The van der Waals surface area contributed by atoms with Crippen LogP contribution in [0, 0.1) is 0 Å². The van der Waals surface area contributed by atoms with Crippen LogP contribution in [0.15, 0.2) is 0 Å². The van der Waals surface area contributed by atoms with E-state index < -0.39 is 6.16 Å². The van der Waals surface area contributed by atoms with Gasteiger partial charge in [-0.05, 0) is 14.0 Å². The fourth-order valence-electron chi connectivity index (χ4n) is 0.620. The molecule has 0 saturated carbocycles. The molecule has 0 radical (unpaired) electrons. The summed E-state index contributed by atoms with van der Waals surface area (Å²) in [5.41, 5.74) is 0. The first-order valence-electron chi connectivity index (χ1n) is 4.33. The number of ether oxygens (including phenoxy) is 3. The number of rotatable bonds is 7. The lowest BCUT2D eigenvalue weighted by Crippen LogP contribution is -2.17. The highest BCUT2D eigenvalue weighted by Crippen LogP contribution is 1.85. The van der Waals surface area contributed by atoms with Gasteiger partial charge in [-0.15, -0.1) is 0 Å². The average Bonchev–Trinajstić information content (AvgIpc) is 2.11. The molecule has 0 aliphatic heterocycles. The topological polar surface area (TPSA) is 56.8 Å². The number of carbonyl (C=O) groups excluding carboxylic acids is 1. The Balaban J connectivity index is 3.02. The number of hydrogen-bond acceptors (Lipinski definition) is 5. The molecule has 0 atom stereocenters. The van der Waals surface area contributed by atoms with Gasteiger partial charge >= 0.3 is 6.16 Å². The lowest BCUT2D eigenvalue weighted by molar-refractivity contribution is 0.0302. The van der Waals surface area contributed by atoms with Gasteiger partial charge in [-0.25, -0.2) is 4.79 Å². The predicted octanol–water partition coefficient (Wildman–Crippen LogP) is 0.396. The Bertz CT molecular complexity index is 129. The first kappa shape index (κ1) is 12.2. The SMILES string of the molecule is CCOC(=O)OCCOCCNC. The van der Waals surface area contributed by atoms with Crippen LogP contribution in [0.3, 0.4) is 0 Å². The summed E-state index contributed by atoms with van der Waals surface area (Å²) >= 11 is 0. The quantitative estimate of drug-likeness (QED) is 0.466. The van der Waals surface area contributed by atoms with Gasteiger partial charge in [0.1, 0.15) is 6.61 Å². The minimum atomic E-state index is -0.639. The highest BCUT2D eigenvalue weighted by molar-refractivity contribution is 5.59. The molecule has 13 heavy (non-hydrogen) atoms. The Morgan fingerprint density at radius 1 is 1.23 bits per heavy atom. The van der Waals surface area contributed by atoms with E-state index in [1.54, 1.807) is 6.92 Å². The van der Waals surface area contributed by atoms with Crippen LogP contribution < -0.4 is 5.32 Å². The van der Waals surface area contributed by atoms with E-state index in [0.717, 1.165) is 6.54 Å². The first-order chi connectivity index (χ1) is 6.31. The Labute approximate surface area is 78.3 Å². The van der Waals surface area contributed by atoms with Crippen LogP contribution in [-0.4, -0.2) is 46.2 Å². The number of hydrogen-bond donors (Lipinski definition) is 1. The maximum Gasteiger partial charge on any atom is 0.508 e. The van der Waals surface area contributed by atoms with Crippen molar-refractivity contribution in [3.63, 3.8) is 0 Å². The minimum absolute atomic E-state index is 0.239. The van der Waals surface area contributed by atoms with Crippen molar-refractivity contribution in [1.82, 2.24) is 5.32 Å². The van der Waals surface area contributed by atoms with E-state index in [9.17, 15) is 4.79 Å². The van der Waals surface area contributed by atoms with Gasteiger partial charge in [0.15, 0.2) is 0 Å². The summed E-state index contributed by atoms with van der Waals surface area (Å²) in [5, 5.41) is 2.93. The second-order valence-corrected chi connectivity index (χ2v) is 2.25. The largest absolute Gasteiger partial charge is 0.508 e. The molecule has 0 spiro atoms. The summed E-state index contributed by atoms with van der Waals surface area (Å²) in [6, 6.07) is 0. The van der Waals surface area contributed by atoms with Gasteiger partial charge in [-0.1, -0.05) is 0 Å². The molecular weight excluding hydrogens is 174 g/mol. The molecule has 78 valence electrons. The summed E-state index contributed by atoms with van der Waals surface area (Å²) in [4.78, 5) is 10.6. The number of carbonyl (C=O) groups is 1. The summed E-state index contributed by atoms with van der Waals surface area (Å²) in [6.07, 6.45) is -0.639. The van der Waals surface area contributed by atoms with E-state index in [1.165, 1.54) is 0 Å². The monoisotopic (exact) mass is 191 g/mol. The molecule has 0 bridgehead atoms. The third kappa shape index (κ3) is 9.10. The van der Waals surface area contributed by atoms with Gasteiger partial charge in [0.25, 0.3) is 0 Å². The van der Waals surface area contributed by atoms with Crippen LogP contribution >= 0.6 is 0 Å².